The van der Waals surface area contributed by atoms with E-state index in [2.05, 4.69) is 10.4 Å². The minimum Gasteiger partial charge on any atom is -0.496 e. The summed E-state index contributed by atoms with van der Waals surface area (Å²) in [5.74, 6) is -2.12. The molecule has 0 saturated carbocycles. The fourth-order valence-corrected chi connectivity index (χ4v) is 4.03. The standard InChI is InChI=1S/C23H20Cl2F3N3O4/c1-11(13-5-6-14(22(33)34)18(10-13)35-3)29-21(32)19-17(30-31(2)20(19)23(26,27)28)9-12-4-7-15(24)16(25)8-12/h4-8,10-11H,9H2,1-3H3,(H,29,32)(H,33,34)/p+1/t11-/m0/s1. The minimum absolute atomic E-state index is 0.0539. The number of carboxylic acid groups (broad SMARTS) is 1. The highest BCUT2D eigenvalue weighted by molar-refractivity contribution is 6.42. The molecule has 1 heterocycles. The third-order valence-corrected chi connectivity index (χ3v) is 6.11. The zero-order valence-electron chi connectivity index (χ0n) is 18.8. The molecule has 1 aliphatic heterocycles. The van der Waals surface area contributed by atoms with Gasteiger partial charge in [0.25, 0.3) is 11.6 Å². The Hall–Kier alpha value is -3.08. The second-order valence-corrected chi connectivity index (χ2v) is 8.59. The zero-order valence-corrected chi connectivity index (χ0v) is 20.3. The van der Waals surface area contributed by atoms with Crippen molar-refractivity contribution in [3.05, 3.63) is 74.4 Å². The Kier molecular flexibility index (Phi) is 7.78. The van der Waals surface area contributed by atoms with Gasteiger partial charge in [-0.05, 0) is 42.3 Å². The lowest BCUT2D eigenvalue weighted by atomic mass is 9.99. The van der Waals surface area contributed by atoms with Crippen molar-refractivity contribution in [3.8, 4) is 5.75 Å². The van der Waals surface area contributed by atoms with Crippen molar-refractivity contribution < 1.29 is 37.6 Å². The number of nitrogens with zero attached hydrogens (tertiary/aromatic N) is 1. The van der Waals surface area contributed by atoms with Crippen molar-refractivity contribution in [2.45, 2.75) is 25.6 Å². The van der Waals surface area contributed by atoms with Gasteiger partial charge in [0.15, 0.2) is 0 Å². The van der Waals surface area contributed by atoms with Crippen LogP contribution in [-0.4, -0.2) is 43.0 Å². The van der Waals surface area contributed by atoms with Crippen LogP contribution in [0.2, 0.25) is 10.0 Å². The first-order valence-electron chi connectivity index (χ1n) is 10.2. The van der Waals surface area contributed by atoms with Crippen LogP contribution in [0, 0.1) is 0 Å². The molecular formula is C23H21Cl2F3N3O4+. The predicted octanol–water partition coefficient (Wildman–Crippen LogP) is 3.82. The van der Waals surface area contributed by atoms with E-state index >= 15 is 0 Å². The lowest BCUT2D eigenvalue weighted by Crippen LogP contribution is -3.03. The molecule has 2 atom stereocenters. The number of amides is 1. The van der Waals surface area contributed by atoms with Crippen LogP contribution in [0.15, 0.2) is 52.8 Å². The maximum atomic E-state index is 13.9. The normalized spacial score (nSPS) is 16.7. The number of methoxy groups -OCH3 is 1. The number of alkyl halides is 3. The van der Waals surface area contributed by atoms with Gasteiger partial charge in [0, 0.05) is 6.42 Å². The molecule has 0 saturated heterocycles. The van der Waals surface area contributed by atoms with Crippen molar-refractivity contribution >= 4 is 40.8 Å². The van der Waals surface area contributed by atoms with Crippen LogP contribution in [0.25, 0.3) is 0 Å². The number of allylic oxidation sites excluding steroid dienone is 1. The molecule has 1 unspecified atom stereocenters. The largest absolute Gasteiger partial charge is 0.496 e. The monoisotopic (exact) mass is 530 g/mol. The number of carbonyl (C=O) groups excluding carboxylic acids is 1. The van der Waals surface area contributed by atoms with E-state index in [0.29, 0.717) is 11.1 Å². The van der Waals surface area contributed by atoms with Crippen molar-refractivity contribution in [1.29, 1.82) is 0 Å². The van der Waals surface area contributed by atoms with Gasteiger partial charge in [-0.25, -0.2) is 4.79 Å². The highest BCUT2D eigenvalue weighted by Gasteiger charge is 2.50. The zero-order chi connectivity index (χ0) is 26.1. The van der Waals surface area contributed by atoms with E-state index in [0.717, 1.165) is 0 Å². The molecule has 3 rings (SSSR count). The molecule has 0 fully saturated rings. The molecule has 1 aliphatic rings. The van der Waals surface area contributed by atoms with Gasteiger partial charge in [-0.3, -0.25) is 4.79 Å². The third-order valence-electron chi connectivity index (χ3n) is 5.37. The predicted molar refractivity (Wildman–Crippen MR) is 124 cm³/mol. The molecule has 12 heteroatoms. The van der Waals surface area contributed by atoms with E-state index in [9.17, 15) is 27.9 Å². The quantitative estimate of drug-likeness (QED) is 0.507. The minimum atomic E-state index is -4.81. The van der Waals surface area contributed by atoms with Crippen LogP contribution >= 0.6 is 23.2 Å². The van der Waals surface area contributed by atoms with E-state index in [1.807, 2.05) is 0 Å². The topological polar surface area (TPSA) is 92.4 Å². The van der Waals surface area contributed by atoms with E-state index in [1.54, 1.807) is 13.0 Å². The molecule has 3 N–H and O–H groups in total. The van der Waals surface area contributed by atoms with Crippen LogP contribution in [0.3, 0.4) is 0 Å². The number of quaternary nitrogens is 1. The number of benzene rings is 2. The fraction of sp³-hybridized carbons (Fsp3) is 0.261. The molecule has 0 aliphatic carbocycles. The van der Waals surface area contributed by atoms with Gasteiger partial charge in [-0.15, -0.1) is 0 Å². The Morgan fingerprint density at radius 1 is 1.17 bits per heavy atom. The van der Waals surface area contributed by atoms with E-state index in [4.69, 9.17) is 27.9 Å². The highest BCUT2D eigenvalue weighted by atomic mass is 35.5. The van der Waals surface area contributed by atoms with Gasteiger partial charge >= 0.3 is 12.1 Å². The number of carboxylic acids is 1. The summed E-state index contributed by atoms with van der Waals surface area (Å²) in [6, 6.07) is 7.98. The van der Waals surface area contributed by atoms with Gasteiger partial charge < -0.3 is 15.2 Å². The molecule has 35 heavy (non-hydrogen) atoms. The Morgan fingerprint density at radius 3 is 2.43 bits per heavy atom. The van der Waals surface area contributed by atoms with Gasteiger partial charge in [0.05, 0.1) is 30.2 Å². The molecule has 2 aromatic rings. The van der Waals surface area contributed by atoms with Crippen LogP contribution in [0.5, 0.6) is 5.75 Å². The average Bonchev–Trinajstić information content (AvgIpc) is 3.11. The molecule has 2 aromatic carbocycles. The van der Waals surface area contributed by atoms with Gasteiger partial charge in [0.1, 0.15) is 22.6 Å². The molecule has 0 spiro atoms. The van der Waals surface area contributed by atoms with Crippen molar-refractivity contribution in [1.82, 2.24) is 5.32 Å². The molecule has 0 aromatic heterocycles. The van der Waals surface area contributed by atoms with Crippen LogP contribution in [0.1, 0.15) is 34.5 Å². The van der Waals surface area contributed by atoms with Gasteiger partial charge in [-0.1, -0.05) is 40.4 Å². The number of halogens is 5. The third kappa shape index (κ3) is 5.77. The maximum Gasteiger partial charge on any atom is 0.470 e. The summed E-state index contributed by atoms with van der Waals surface area (Å²) in [6.07, 6.45) is -4.89. The summed E-state index contributed by atoms with van der Waals surface area (Å²) >= 11 is 11.9. The number of carbonyl (C=O) groups is 2. The molecule has 0 bridgehead atoms. The summed E-state index contributed by atoms with van der Waals surface area (Å²) in [5, 5.41) is 16.0. The molecule has 186 valence electrons. The first-order valence-corrected chi connectivity index (χ1v) is 11.0. The second-order valence-electron chi connectivity index (χ2n) is 7.78. The number of rotatable bonds is 7. The average molecular weight is 531 g/mol. The lowest BCUT2D eigenvalue weighted by molar-refractivity contribution is -0.853. The summed E-state index contributed by atoms with van der Waals surface area (Å²) < 4.78 is 46.7. The fourth-order valence-electron chi connectivity index (χ4n) is 3.71. The maximum absolute atomic E-state index is 13.9. The van der Waals surface area contributed by atoms with E-state index in [1.165, 1.54) is 44.5 Å². The number of hydrogen-bond acceptors (Lipinski definition) is 4. The Morgan fingerprint density at radius 2 is 1.86 bits per heavy atom. The first kappa shape index (κ1) is 26.5. The van der Waals surface area contributed by atoms with Crippen molar-refractivity contribution in [3.63, 3.8) is 0 Å². The number of nitrogens with one attached hydrogen (secondary N) is 2. The number of hydrogen-bond donors (Lipinski definition) is 3. The molecule has 1 amide bonds. The Balaban J connectivity index is 1.94. The SMILES string of the molecule is COc1cc([C@H](C)NC(=O)C2=C(C(F)(F)F)[NH+](C)N=C2Cc2ccc(Cl)c(Cl)c2)ccc1C(=O)O. The summed E-state index contributed by atoms with van der Waals surface area (Å²) in [7, 11) is 2.48. The Labute approximate surface area is 208 Å². The lowest BCUT2D eigenvalue weighted by Gasteiger charge is -2.17. The molecule has 7 nitrogen and oxygen atoms in total. The number of ether oxygens (including phenoxy) is 1. The number of aromatic carboxylic acids is 1. The molecule has 0 radical (unpaired) electrons. The van der Waals surface area contributed by atoms with Gasteiger partial charge in [-0.2, -0.15) is 18.2 Å². The highest BCUT2D eigenvalue weighted by Crippen LogP contribution is 2.30. The summed E-state index contributed by atoms with van der Waals surface area (Å²) in [4.78, 5) is 24.5. The van der Waals surface area contributed by atoms with Crippen LogP contribution < -0.4 is 15.1 Å². The summed E-state index contributed by atoms with van der Waals surface area (Å²) in [5.41, 5.74) is -0.874. The summed E-state index contributed by atoms with van der Waals surface area (Å²) in [6.45, 7) is 1.56. The first-order chi connectivity index (χ1) is 16.3. The van der Waals surface area contributed by atoms with Gasteiger partial charge in [0.2, 0.25) is 0 Å². The van der Waals surface area contributed by atoms with E-state index in [-0.39, 0.29) is 38.5 Å². The Bertz CT molecular complexity index is 1250. The smallest absolute Gasteiger partial charge is 0.470 e. The second kappa shape index (κ2) is 10.3. The van der Waals surface area contributed by atoms with Crippen molar-refractivity contribution in [2.24, 2.45) is 5.10 Å². The van der Waals surface area contributed by atoms with Crippen LogP contribution in [0.4, 0.5) is 13.2 Å². The van der Waals surface area contributed by atoms with Crippen LogP contribution in [-0.2, 0) is 11.2 Å². The van der Waals surface area contributed by atoms with E-state index < -0.39 is 35.4 Å². The molecular weight excluding hydrogens is 510 g/mol. The van der Waals surface area contributed by atoms with Crippen molar-refractivity contribution in [2.75, 3.05) is 14.2 Å².